The molecule has 1 unspecified atom stereocenters. The number of carbonyl (C=O) groups excluding carboxylic acids is 3. The lowest BCUT2D eigenvalue weighted by Crippen LogP contribution is -2.52. The summed E-state index contributed by atoms with van der Waals surface area (Å²) in [6.45, 7) is 5.99. The van der Waals surface area contributed by atoms with Crippen molar-refractivity contribution >= 4 is 17.7 Å². The van der Waals surface area contributed by atoms with Crippen LogP contribution in [0.15, 0.2) is 18.2 Å². The lowest BCUT2D eigenvalue weighted by molar-refractivity contribution is -0.136. The molecule has 1 atom stereocenters. The second kappa shape index (κ2) is 8.41. The van der Waals surface area contributed by atoms with Crippen molar-refractivity contribution in [1.29, 1.82) is 0 Å². The monoisotopic (exact) mass is 384 g/mol. The Morgan fingerprint density at radius 1 is 1.11 bits per heavy atom. The Morgan fingerprint density at radius 2 is 2.00 bits per heavy atom. The van der Waals surface area contributed by atoms with Gasteiger partial charge in [-0.3, -0.25) is 19.7 Å². The quantitative estimate of drug-likeness (QED) is 0.730. The van der Waals surface area contributed by atoms with Crippen molar-refractivity contribution < 1.29 is 14.4 Å². The van der Waals surface area contributed by atoms with Crippen LogP contribution in [0.25, 0.3) is 0 Å². The number of carbonyl (C=O) groups is 3. The van der Waals surface area contributed by atoms with Gasteiger partial charge >= 0.3 is 0 Å². The number of aryl methyl sites for hydroxylation is 1. The van der Waals surface area contributed by atoms with Gasteiger partial charge in [0, 0.05) is 31.6 Å². The zero-order chi connectivity index (χ0) is 19.5. The van der Waals surface area contributed by atoms with Gasteiger partial charge in [-0.2, -0.15) is 0 Å². The van der Waals surface area contributed by atoms with E-state index in [0.717, 1.165) is 51.1 Å². The van der Waals surface area contributed by atoms with Gasteiger partial charge < -0.3 is 15.1 Å². The molecular formula is C21H28N4O3. The number of hydrogen-bond acceptors (Lipinski definition) is 5. The van der Waals surface area contributed by atoms with Crippen molar-refractivity contribution in [1.82, 2.24) is 20.4 Å². The van der Waals surface area contributed by atoms with Gasteiger partial charge in [0.05, 0.1) is 0 Å². The van der Waals surface area contributed by atoms with E-state index in [2.05, 4.69) is 21.6 Å². The Bertz CT molecular complexity index is 771. The molecule has 0 aliphatic carbocycles. The normalized spacial score (nSPS) is 23.5. The maximum atomic E-state index is 12.7. The predicted octanol–water partition coefficient (Wildman–Crippen LogP) is 0.676. The Balaban J connectivity index is 1.35. The minimum absolute atomic E-state index is 0.104. The zero-order valence-corrected chi connectivity index (χ0v) is 16.2. The molecular weight excluding hydrogens is 356 g/mol. The molecule has 0 spiro atoms. The molecule has 3 amide bonds. The third kappa shape index (κ3) is 4.10. The first-order valence-corrected chi connectivity index (χ1v) is 10.3. The van der Waals surface area contributed by atoms with Crippen LogP contribution < -0.4 is 10.6 Å². The van der Waals surface area contributed by atoms with Crippen LogP contribution in [-0.2, 0) is 22.6 Å². The molecule has 0 bridgehead atoms. The first-order chi connectivity index (χ1) is 13.6. The van der Waals surface area contributed by atoms with Crippen LogP contribution in [0.3, 0.4) is 0 Å². The van der Waals surface area contributed by atoms with Gasteiger partial charge in [-0.1, -0.05) is 12.1 Å². The number of amides is 3. The van der Waals surface area contributed by atoms with Crippen molar-refractivity contribution in [2.45, 2.75) is 44.7 Å². The van der Waals surface area contributed by atoms with E-state index in [1.807, 2.05) is 12.1 Å². The van der Waals surface area contributed by atoms with Crippen LogP contribution in [0, 0.1) is 0 Å². The van der Waals surface area contributed by atoms with Crippen LogP contribution in [0.5, 0.6) is 0 Å². The van der Waals surface area contributed by atoms with Crippen LogP contribution >= 0.6 is 0 Å². The average molecular weight is 384 g/mol. The van der Waals surface area contributed by atoms with Crippen LogP contribution in [0.2, 0.25) is 0 Å². The Kier molecular flexibility index (Phi) is 5.73. The van der Waals surface area contributed by atoms with Crippen molar-refractivity contribution in [3.05, 3.63) is 34.9 Å². The molecule has 3 aliphatic heterocycles. The molecule has 3 heterocycles. The van der Waals surface area contributed by atoms with E-state index in [4.69, 9.17) is 0 Å². The topological polar surface area (TPSA) is 81.8 Å². The van der Waals surface area contributed by atoms with Crippen molar-refractivity contribution in [3.8, 4) is 0 Å². The molecule has 28 heavy (non-hydrogen) atoms. The Hall–Kier alpha value is -2.25. The molecule has 7 nitrogen and oxygen atoms in total. The second-order valence-corrected chi connectivity index (χ2v) is 7.94. The fourth-order valence-corrected chi connectivity index (χ4v) is 4.42. The molecule has 3 aliphatic rings. The van der Waals surface area contributed by atoms with Gasteiger partial charge in [0.25, 0.3) is 5.91 Å². The number of benzene rings is 1. The van der Waals surface area contributed by atoms with Crippen molar-refractivity contribution in [2.24, 2.45) is 0 Å². The van der Waals surface area contributed by atoms with E-state index in [0.29, 0.717) is 18.5 Å². The first-order valence-electron chi connectivity index (χ1n) is 10.3. The molecule has 2 N–H and O–H groups in total. The summed E-state index contributed by atoms with van der Waals surface area (Å²) in [6, 6.07) is 5.50. The third-order valence-corrected chi connectivity index (χ3v) is 5.96. The maximum absolute atomic E-state index is 12.7. The highest BCUT2D eigenvalue weighted by Crippen LogP contribution is 2.28. The summed E-state index contributed by atoms with van der Waals surface area (Å²) < 4.78 is 0. The highest BCUT2D eigenvalue weighted by atomic mass is 16.2. The third-order valence-electron chi connectivity index (χ3n) is 5.96. The number of piperidine rings is 1. The van der Waals surface area contributed by atoms with Gasteiger partial charge in [0.1, 0.15) is 6.04 Å². The van der Waals surface area contributed by atoms with E-state index >= 15 is 0 Å². The van der Waals surface area contributed by atoms with E-state index in [-0.39, 0.29) is 24.1 Å². The highest BCUT2D eigenvalue weighted by Gasteiger charge is 2.38. The van der Waals surface area contributed by atoms with E-state index in [1.54, 1.807) is 4.90 Å². The number of fused-ring (bicyclic) bond motifs is 1. The molecule has 7 heteroatoms. The van der Waals surface area contributed by atoms with E-state index in [9.17, 15) is 14.4 Å². The van der Waals surface area contributed by atoms with E-state index in [1.165, 1.54) is 12.0 Å². The minimum atomic E-state index is -0.544. The number of hydrogen-bond donors (Lipinski definition) is 2. The molecule has 0 aromatic heterocycles. The summed E-state index contributed by atoms with van der Waals surface area (Å²) in [5.74, 6) is -0.717. The zero-order valence-electron chi connectivity index (χ0n) is 16.2. The molecule has 2 fully saturated rings. The molecule has 1 aromatic carbocycles. The lowest BCUT2D eigenvalue weighted by Gasteiger charge is -2.29. The standard InChI is InChI=1S/C21H28N4O3/c26-19-7-6-18(20(27)23-19)25-14-16-13-15(4-5-17(16)21(25)28)3-1-10-24-11-2-8-22-9-12-24/h4-5,13,18,22H,1-3,6-12,14H2,(H,23,26,27). The van der Waals surface area contributed by atoms with E-state index < -0.39 is 6.04 Å². The summed E-state index contributed by atoms with van der Waals surface area (Å²) in [7, 11) is 0. The van der Waals surface area contributed by atoms with Gasteiger partial charge in [0.2, 0.25) is 11.8 Å². The molecule has 1 aromatic rings. The fourth-order valence-electron chi connectivity index (χ4n) is 4.42. The minimum Gasteiger partial charge on any atom is -0.322 e. The van der Waals surface area contributed by atoms with Crippen LogP contribution in [-0.4, -0.2) is 66.3 Å². The number of nitrogens with zero attached hydrogens (tertiary/aromatic N) is 2. The summed E-state index contributed by atoms with van der Waals surface area (Å²) >= 11 is 0. The van der Waals surface area contributed by atoms with Crippen LogP contribution in [0.4, 0.5) is 0 Å². The lowest BCUT2D eigenvalue weighted by atomic mass is 10.0. The molecule has 0 radical (unpaired) electrons. The smallest absolute Gasteiger partial charge is 0.255 e. The van der Waals surface area contributed by atoms with Crippen molar-refractivity contribution in [2.75, 3.05) is 32.7 Å². The molecule has 4 rings (SSSR count). The number of rotatable bonds is 5. The van der Waals surface area contributed by atoms with Gasteiger partial charge in [-0.15, -0.1) is 0 Å². The van der Waals surface area contributed by atoms with Gasteiger partial charge in [-0.25, -0.2) is 0 Å². The highest BCUT2D eigenvalue weighted by molar-refractivity contribution is 6.05. The number of nitrogens with one attached hydrogen (secondary N) is 2. The summed E-state index contributed by atoms with van der Waals surface area (Å²) in [5, 5.41) is 5.78. The largest absolute Gasteiger partial charge is 0.322 e. The SMILES string of the molecule is O=C1CCC(N2Cc3cc(CCCN4CCCNCC4)ccc3C2=O)C(=O)N1. The maximum Gasteiger partial charge on any atom is 0.255 e. The first kappa shape index (κ1) is 19.1. The predicted molar refractivity (Wildman–Crippen MR) is 105 cm³/mol. The van der Waals surface area contributed by atoms with Gasteiger partial charge in [-0.05, 0) is 62.5 Å². The Morgan fingerprint density at radius 3 is 2.86 bits per heavy atom. The van der Waals surface area contributed by atoms with Crippen LogP contribution in [0.1, 0.15) is 47.2 Å². The Labute approximate surface area is 165 Å². The molecule has 2 saturated heterocycles. The summed E-state index contributed by atoms with van der Waals surface area (Å²) in [6.07, 6.45) is 3.99. The van der Waals surface area contributed by atoms with Crippen molar-refractivity contribution in [3.63, 3.8) is 0 Å². The number of imide groups is 1. The molecule has 0 saturated carbocycles. The molecule has 150 valence electrons. The summed E-state index contributed by atoms with van der Waals surface area (Å²) in [4.78, 5) is 40.4. The van der Waals surface area contributed by atoms with Gasteiger partial charge in [0.15, 0.2) is 0 Å². The average Bonchev–Trinajstić information content (AvgIpc) is 2.84. The fraction of sp³-hybridized carbons (Fsp3) is 0.571. The summed E-state index contributed by atoms with van der Waals surface area (Å²) in [5.41, 5.74) is 2.92. The second-order valence-electron chi connectivity index (χ2n) is 7.94.